The molecule has 2 aliphatic rings. The zero-order valence-corrected chi connectivity index (χ0v) is 17.7. The molecule has 3 aromatic rings. The second-order valence-electron chi connectivity index (χ2n) is 8.21. The second kappa shape index (κ2) is 7.56. The maximum Gasteiger partial charge on any atom is 0.247 e. The monoisotopic (exact) mass is 421 g/mol. The Labute approximate surface area is 180 Å². The summed E-state index contributed by atoms with van der Waals surface area (Å²) < 4.78 is 0. The lowest BCUT2D eigenvalue weighted by atomic mass is 9.96. The first-order chi connectivity index (χ1) is 14.5. The highest BCUT2D eigenvalue weighted by Crippen LogP contribution is 2.38. The Kier molecular flexibility index (Phi) is 4.88. The number of aromatic nitrogens is 1. The SMILES string of the molecule is CC1c2[nH]c3ccc(Cl)cc3c2CCN1C1CC(=O)N(CCc2ccccc2)C1=O. The molecule has 2 atom stereocenters. The van der Waals surface area contributed by atoms with Crippen molar-refractivity contribution in [2.24, 2.45) is 0 Å². The number of H-pyrrole nitrogens is 1. The summed E-state index contributed by atoms with van der Waals surface area (Å²) in [7, 11) is 0. The Morgan fingerprint density at radius 2 is 1.93 bits per heavy atom. The molecule has 5 nitrogen and oxygen atoms in total. The Hall–Kier alpha value is -2.63. The molecule has 5 rings (SSSR count). The smallest absolute Gasteiger partial charge is 0.247 e. The van der Waals surface area contributed by atoms with Crippen LogP contribution in [0, 0.1) is 0 Å². The topological polar surface area (TPSA) is 56.4 Å². The quantitative estimate of drug-likeness (QED) is 0.645. The van der Waals surface area contributed by atoms with E-state index in [0.29, 0.717) is 13.0 Å². The molecular weight excluding hydrogens is 398 g/mol. The van der Waals surface area contributed by atoms with Gasteiger partial charge in [0, 0.05) is 40.8 Å². The van der Waals surface area contributed by atoms with E-state index in [2.05, 4.69) is 16.8 Å². The zero-order chi connectivity index (χ0) is 20.8. The summed E-state index contributed by atoms with van der Waals surface area (Å²) in [6, 6.07) is 15.5. The first kappa shape index (κ1) is 19.3. The van der Waals surface area contributed by atoms with E-state index in [1.54, 1.807) is 0 Å². The number of likely N-dealkylation sites (tertiary alicyclic amines) is 1. The number of benzene rings is 2. The average Bonchev–Trinajstić information content (AvgIpc) is 3.25. The molecule has 0 saturated carbocycles. The molecule has 1 N–H and O–H groups in total. The molecule has 0 radical (unpaired) electrons. The van der Waals surface area contributed by atoms with E-state index in [1.165, 1.54) is 10.5 Å². The van der Waals surface area contributed by atoms with Gasteiger partial charge >= 0.3 is 0 Å². The molecule has 1 saturated heterocycles. The molecule has 0 spiro atoms. The number of fused-ring (bicyclic) bond motifs is 3. The number of imide groups is 1. The van der Waals surface area contributed by atoms with Gasteiger partial charge in [-0.25, -0.2) is 0 Å². The third-order valence-corrected chi connectivity index (χ3v) is 6.76. The van der Waals surface area contributed by atoms with Gasteiger partial charge in [-0.3, -0.25) is 19.4 Å². The highest BCUT2D eigenvalue weighted by molar-refractivity contribution is 6.31. The Balaban J connectivity index is 1.35. The van der Waals surface area contributed by atoms with Crippen LogP contribution in [0.5, 0.6) is 0 Å². The van der Waals surface area contributed by atoms with Crippen LogP contribution in [0.2, 0.25) is 5.02 Å². The number of nitrogens with one attached hydrogen (secondary N) is 1. The molecule has 3 heterocycles. The summed E-state index contributed by atoms with van der Waals surface area (Å²) >= 11 is 6.20. The van der Waals surface area contributed by atoms with Crippen LogP contribution in [0.1, 0.15) is 36.2 Å². The lowest BCUT2D eigenvalue weighted by Gasteiger charge is -2.36. The highest BCUT2D eigenvalue weighted by atomic mass is 35.5. The van der Waals surface area contributed by atoms with Crippen molar-refractivity contribution in [3.63, 3.8) is 0 Å². The molecule has 6 heteroatoms. The first-order valence-corrected chi connectivity index (χ1v) is 10.8. The van der Waals surface area contributed by atoms with Crippen LogP contribution >= 0.6 is 11.6 Å². The van der Waals surface area contributed by atoms with E-state index in [-0.39, 0.29) is 30.3 Å². The normalized spacial score (nSPS) is 22.1. The maximum absolute atomic E-state index is 13.1. The van der Waals surface area contributed by atoms with Gasteiger partial charge in [-0.1, -0.05) is 41.9 Å². The summed E-state index contributed by atoms with van der Waals surface area (Å²) in [6.45, 7) is 3.31. The number of hydrogen-bond acceptors (Lipinski definition) is 3. The fourth-order valence-electron chi connectivity index (χ4n) is 4.94. The molecule has 0 aliphatic carbocycles. The molecule has 2 amide bonds. The van der Waals surface area contributed by atoms with Crippen LogP contribution in [0.25, 0.3) is 10.9 Å². The van der Waals surface area contributed by atoms with E-state index < -0.39 is 0 Å². The second-order valence-corrected chi connectivity index (χ2v) is 8.65. The Morgan fingerprint density at radius 3 is 2.73 bits per heavy atom. The van der Waals surface area contributed by atoms with Gasteiger partial charge in [0.1, 0.15) is 0 Å². The summed E-state index contributed by atoms with van der Waals surface area (Å²) in [5.41, 5.74) is 4.60. The molecule has 2 aliphatic heterocycles. The van der Waals surface area contributed by atoms with Gasteiger partial charge in [-0.2, -0.15) is 0 Å². The minimum absolute atomic E-state index is 0.0377. The standard InChI is InChI=1S/C24H24ClN3O2/c1-15-23-18(19-13-17(25)7-8-20(19)26-23)10-12-27(15)21-14-22(29)28(24(21)30)11-9-16-5-3-2-4-6-16/h2-8,13,15,21,26H,9-12,14H2,1H3. The number of aromatic amines is 1. The van der Waals surface area contributed by atoms with Crippen molar-refractivity contribution in [1.29, 1.82) is 0 Å². The summed E-state index contributed by atoms with van der Waals surface area (Å²) in [4.78, 5) is 32.9. The number of hydrogen-bond donors (Lipinski definition) is 1. The summed E-state index contributed by atoms with van der Waals surface area (Å²) in [5.74, 6) is -0.132. The molecule has 30 heavy (non-hydrogen) atoms. The van der Waals surface area contributed by atoms with E-state index in [1.807, 2.05) is 48.5 Å². The van der Waals surface area contributed by atoms with E-state index in [9.17, 15) is 9.59 Å². The first-order valence-electron chi connectivity index (χ1n) is 10.5. The summed E-state index contributed by atoms with van der Waals surface area (Å²) in [5, 5.41) is 1.88. The number of amides is 2. The minimum atomic E-state index is -0.383. The number of nitrogens with zero attached hydrogens (tertiary/aromatic N) is 2. The zero-order valence-electron chi connectivity index (χ0n) is 16.9. The van der Waals surface area contributed by atoms with Crippen molar-refractivity contribution in [2.75, 3.05) is 13.1 Å². The van der Waals surface area contributed by atoms with Crippen molar-refractivity contribution in [2.45, 2.75) is 38.3 Å². The van der Waals surface area contributed by atoms with Gasteiger partial charge in [0.15, 0.2) is 0 Å². The van der Waals surface area contributed by atoms with Crippen LogP contribution < -0.4 is 0 Å². The third-order valence-electron chi connectivity index (χ3n) is 6.52. The Bertz CT molecular complexity index is 1120. The maximum atomic E-state index is 13.1. The number of halogens is 1. The van der Waals surface area contributed by atoms with Gasteiger partial charge in [0.2, 0.25) is 11.8 Å². The fraction of sp³-hybridized carbons (Fsp3) is 0.333. The van der Waals surface area contributed by atoms with Crippen LogP contribution in [-0.4, -0.2) is 45.7 Å². The van der Waals surface area contributed by atoms with Crippen molar-refractivity contribution in [3.05, 3.63) is 70.4 Å². The van der Waals surface area contributed by atoms with Gasteiger partial charge in [-0.15, -0.1) is 0 Å². The molecule has 0 bridgehead atoms. The van der Waals surface area contributed by atoms with Gasteiger partial charge < -0.3 is 4.98 Å². The third kappa shape index (κ3) is 3.22. The molecule has 1 aromatic heterocycles. The van der Waals surface area contributed by atoms with E-state index in [0.717, 1.165) is 40.1 Å². The molecule has 1 fully saturated rings. The molecule has 2 unspecified atom stereocenters. The van der Waals surface area contributed by atoms with Crippen LogP contribution in [0.3, 0.4) is 0 Å². The highest BCUT2D eigenvalue weighted by Gasteiger charge is 2.44. The average molecular weight is 422 g/mol. The molecular formula is C24H24ClN3O2. The molecule has 154 valence electrons. The van der Waals surface area contributed by atoms with Gasteiger partial charge in [0.25, 0.3) is 0 Å². The number of carbonyl (C=O) groups is 2. The van der Waals surface area contributed by atoms with Crippen molar-refractivity contribution in [3.8, 4) is 0 Å². The largest absolute Gasteiger partial charge is 0.357 e. The van der Waals surface area contributed by atoms with Gasteiger partial charge in [-0.05, 0) is 49.1 Å². The van der Waals surface area contributed by atoms with Crippen LogP contribution in [-0.2, 0) is 22.4 Å². The lowest BCUT2D eigenvalue weighted by molar-refractivity contribution is -0.140. The molecule has 2 aromatic carbocycles. The fourth-order valence-corrected chi connectivity index (χ4v) is 5.11. The van der Waals surface area contributed by atoms with Crippen LogP contribution in [0.4, 0.5) is 0 Å². The van der Waals surface area contributed by atoms with E-state index in [4.69, 9.17) is 11.6 Å². The Morgan fingerprint density at radius 1 is 1.13 bits per heavy atom. The van der Waals surface area contributed by atoms with Crippen LogP contribution in [0.15, 0.2) is 48.5 Å². The summed E-state index contributed by atoms with van der Waals surface area (Å²) in [6.07, 6.45) is 1.79. The predicted molar refractivity (Wildman–Crippen MR) is 117 cm³/mol. The van der Waals surface area contributed by atoms with E-state index >= 15 is 0 Å². The number of rotatable bonds is 4. The predicted octanol–water partition coefficient (Wildman–Crippen LogP) is 4.11. The van der Waals surface area contributed by atoms with Crippen molar-refractivity contribution >= 4 is 34.3 Å². The number of carbonyl (C=O) groups excluding carboxylic acids is 2. The van der Waals surface area contributed by atoms with Gasteiger partial charge in [0.05, 0.1) is 12.5 Å². The van der Waals surface area contributed by atoms with Crippen molar-refractivity contribution < 1.29 is 9.59 Å². The minimum Gasteiger partial charge on any atom is -0.357 e. The van der Waals surface area contributed by atoms with Crippen molar-refractivity contribution in [1.82, 2.24) is 14.8 Å². The lowest BCUT2D eigenvalue weighted by Crippen LogP contribution is -2.46.